The fraction of sp³-hybridized carbons (Fsp3) is 0.100. The van der Waals surface area contributed by atoms with Crippen LogP contribution in [0.1, 0.15) is 19.4 Å². The summed E-state index contributed by atoms with van der Waals surface area (Å²) in [4.78, 5) is 14.4. The van der Waals surface area contributed by atoms with E-state index in [0.717, 1.165) is 22.3 Å². The Morgan fingerprint density at radius 2 is 0.788 bits per heavy atom. The van der Waals surface area contributed by atoms with Crippen molar-refractivity contribution < 1.29 is 0 Å². The predicted molar refractivity (Wildman–Crippen MR) is 138 cm³/mol. The van der Waals surface area contributed by atoms with Crippen LogP contribution < -0.4 is 0 Å². The summed E-state index contributed by atoms with van der Waals surface area (Å²) < 4.78 is 0. The van der Waals surface area contributed by atoms with E-state index in [1.54, 1.807) is 0 Å². The molecule has 0 amide bonds. The molecule has 0 N–H and O–H groups in total. The van der Waals surface area contributed by atoms with Crippen LogP contribution >= 0.6 is 0 Å². The van der Waals surface area contributed by atoms with Crippen LogP contribution in [0.2, 0.25) is 0 Å². The second kappa shape index (κ2) is 10.5. The normalized spacial score (nSPS) is 10.3. The fourth-order valence-electron chi connectivity index (χ4n) is 3.60. The number of hydrogen-bond donors (Lipinski definition) is 0. The van der Waals surface area contributed by atoms with Gasteiger partial charge in [-0.25, -0.2) is 15.0 Å². The Bertz CT molecular complexity index is 1270. The van der Waals surface area contributed by atoms with Gasteiger partial charge < -0.3 is 0 Å². The number of aryl methyl sites for hydroxylation is 1. The standard InChI is InChI=1S/C28H21N3.C2H6/c1-20-10-8-15-23(18-20)24-16-9-17-25(19-24)28-30-26(21-11-4-2-5-12-21)29-27(31-28)22-13-6-3-7-14-22;1-2/h2-19H,1H3;1-2H3. The lowest BCUT2D eigenvalue weighted by Gasteiger charge is -2.10. The molecule has 1 aromatic heterocycles. The van der Waals surface area contributed by atoms with Gasteiger partial charge in [0.15, 0.2) is 17.5 Å². The Kier molecular flexibility index (Phi) is 7.01. The number of nitrogens with zero attached hydrogens (tertiary/aromatic N) is 3. The minimum Gasteiger partial charge on any atom is -0.208 e. The third-order valence-corrected chi connectivity index (χ3v) is 5.17. The van der Waals surface area contributed by atoms with Crippen molar-refractivity contribution in [3.05, 3.63) is 115 Å². The molecule has 0 bridgehead atoms. The van der Waals surface area contributed by atoms with Crippen molar-refractivity contribution in [2.45, 2.75) is 20.8 Å². The van der Waals surface area contributed by atoms with Crippen LogP contribution in [-0.2, 0) is 0 Å². The van der Waals surface area contributed by atoms with Gasteiger partial charge in [0.05, 0.1) is 0 Å². The molecule has 0 unspecified atom stereocenters. The summed E-state index contributed by atoms with van der Waals surface area (Å²) in [5.74, 6) is 2.01. The molecule has 0 spiro atoms. The number of hydrogen-bond acceptors (Lipinski definition) is 3. The SMILES string of the molecule is CC.Cc1cccc(-c2cccc(-c3nc(-c4ccccc4)nc(-c4ccccc4)n3)c2)c1. The molecule has 3 nitrogen and oxygen atoms in total. The molecule has 0 saturated carbocycles. The van der Waals surface area contributed by atoms with Crippen LogP contribution in [0, 0.1) is 6.92 Å². The van der Waals surface area contributed by atoms with Gasteiger partial charge in [-0.05, 0) is 24.1 Å². The van der Waals surface area contributed by atoms with Crippen LogP contribution in [0.3, 0.4) is 0 Å². The molecular formula is C30H27N3. The Balaban J connectivity index is 0.00000126. The van der Waals surface area contributed by atoms with Gasteiger partial charge >= 0.3 is 0 Å². The summed E-state index contributed by atoms with van der Waals surface area (Å²) >= 11 is 0. The first-order chi connectivity index (χ1) is 16.3. The van der Waals surface area contributed by atoms with Gasteiger partial charge in [-0.1, -0.05) is 123 Å². The summed E-state index contributed by atoms with van der Waals surface area (Å²) in [6, 6.07) is 37.0. The zero-order valence-corrected chi connectivity index (χ0v) is 19.2. The van der Waals surface area contributed by atoms with Gasteiger partial charge in [0.1, 0.15) is 0 Å². The highest BCUT2D eigenvalue weighted by atomic mass is 15.0. The molecule has 3 heteroatoms. The van der Waals surface area contributed by atoms with E-state index in [2.05, 4.69) is 55.5 Å². The van der Waals surface area contributed by atoms with Crippen molar-refractivity contribution in [3.63, 3.8) is 0 Å². The Hall–Kier alpha value is -4.11. The molecule has 1 heterocycles. The van der Waals surface area contributed by atoms with E-state index in [9.17, 15) is 0 Å². The molecule has 0 radical (unpaired) electrons. The minimum atomic E-state index is 0.669. The van der Waals surface area contributed by atoms with Gasteiger partial charge in [-0.2, -0.15) is 0 Å². The third-order valence-electron chi connectivity index (χ3n) is 5.17. The first-order valence-electron chi connectivity index (χ1n) is 11.3. The highest BCUT2D eigenvalue weighted by Crippen LogP contribution is 2.28. The lowest BCUT2D eigenvalue weighted by Crippen LogP contribution is -2.00. The van der Waals surface area contributed by atoms with Crippen LogP contribution in [0.25, 0.3) is 45.3 Å². The van der Waals surface area contributed by atoms with Gasteiger partial charge in [0, 0.05) is 16.7 Å². The second-order valence-electron chi connectivity index (χ2n) is 7.49. The molecule has 162 valence electrons. The largest absolute Gasteiger partial charge is 0.208 e. The maximum atomic E-state index is 4.83. The summed E-state index contributed by atoms with van der Waals surface area (Å²) in [6.07, 6.45) is 0. The number of rotatable bonds is 4. The van der Waals surface area contributed by atoms with E-state index in [1.165, 1.54) is 11.1 Å². The van der Waals surface area contributed by atoms with E-state index in [-0.39, 0.29) is 0 Å². The molecule has 5 rings (SSSR count). The highest BCUT2D eigenvalue weighted by molar-refractivity contribution is 5.72. The highest BCUT2D eigenvalue weighted by Gasteiger charge is 2.12. The number of aromatic nitrogens is 3. The zero-order valence-electron chi connectivity index (χ0n) is 19.2. The summed E-state index contributed by atoms with van der Waals surface area (Å²) in [5.41, 5.74) is 6.47. The topological polar surface area (TPSA) is 38.7 Å². The molecule has 0 atom stereocenters. The fourth-order valence-corrected chi connectivity index (χ4v) is 3.60. The van der Waals surface area contributed by atoms with Crippen LogP contribution in [0.15, 0.2) is 109 Å². The molecule has 0 saturated heterocycles. The van der Waals surface area contributed by atoms with Crippen molar-refractivity contribution >= 4 is 0 Å². The first kappa shape index (κ1) is 22.1. The zero-order chi connectivity index (χ0) is 23.0. The molecule has 0 aliphatic heterocycles. The van der Waals surface area contributed by atoms with Crippen LogP contribution in [-0.4, -0.2) is 15.0 Å². The average molecular weight is 430 g/mol. The van der Waals surface area contributed by atoms with E-state index in [1.807, 2.05) is 74.5 Å². The summed E-state index contributed by atoms with van der Waals surface area (Å²) in [5, 5.41) is 0. The van der Waals surface area contributed by atoms with Gasteiger partial charge in [0.2, 0.25) is 0 Å². The monoisotopic (exact) mass is 429 g/mol. The number of benzene rings is 4. The molecule has 5 aromatic rings. The van der Waals surface area contributed by atoms with Crippen LogP contribution in [0.4, 0.5) is 0 Å². The van der Waals surface area contributed by atoms with E-state index in [0.29, 0.717) is 17.5 Å². The maximum absolute atomic E-state index is 4.83. The van der Waals surface area contributed by atoms with Crippen molar-refractivity contribution in [2.24, 2.45) is 0 Å². The van der Waals surface area contributed by atoms with E-state index in [4.69, 9.17) is 15.0 Å². The van der Waals surface area contributed by atoms with Crippen LogP contribution in [0.5, 0.6) is 0 Å². The van der Waals surface area contributed by atoms with Gasteiger partial charge in [0.25, 0.3) is 0 Å². The van der Waals surface area contributed by atoms with E-state index >= 15 is 0 Å². The average Bonchev–Trinajstić information content (AvgIpc) is 2.91. The quantitative estimate of drug-likeness (QED) is 0.292. The molecular weight excluding hydrogens is 402 g/mol. The summed E-state index contributed by atoms with van der Waals surface area (Å²) in [6.45, 7) is 6.11. The van der Waals surface area contributed by atoms with Crippen molar-refractivity contribution in [3.8, 4) is 45.3 Å². The van der Waals surface area contributed by atoms with Gasteiger partial charge in [-0.3, -0.25) is 0 Å². The predicted octanol–water partition coefficient (Wildman–Crippen LogP) is 7.87. The smallest absolute Gasteiger partial charge is 0.164 e. The molecule has 0 aliphatic rings. The Labute approximate surface area is 195 Å². The van der Waals surface area contributed by atoms with Gasteiger partial charge in [-0.15, -0.1) is 0 Å². The molecule has 0 aliphatic carbocycles. The second-order valence-corrected chi connectivity index (χ2v) is 7.49. The Morgan fingerprint density at radius 3 is 1.30 bits per heavy atom. The van der Waals surface area contributed by atoms with Crippen molar-refractivity contribution in [2.75, 3.05) is 0 Å². The van der Waals surface area contributed by atoms with E-state index < -0.39 is 0 Å². The maximum Gasteiger partial charge on any atom is 0.164 e. The molecule has 4 aromatic carbocycles. The lowest BCUT2D eigenvalue weighted by molar-refractivity contribution is 1.07. The minimum absolute atomic E-state index is 0.669. The van der Waals surface area contributed by atoms with Crippen molar-refractivity contribution in [1.29, 1.82) is 0 Å². The third kappa shape index (κ3) is 5.21. The molecule has 33 heavy (non-hydrogen) atoms. The first-order valence-corrected chi connectivity index (χ1v) is 11.3. The molecule has 0 fully saturated rings. The van der Waals surface area contributed by atoms with Crippen molar-refractivity contribution in [1.82, 2.24) is 15.0 Å². The summed E-state index contributed by atoms with van der Waals surface area (Å²) in [7, 11) is 0. The Morgan fingerprint density at radius 1 is 0.394 bits per heavy atom. The lowest BCUT2D eigenvalue weighted by atomic mass is 10.0.